The summed E-state index contributed by atoms with van der Waals surface area (Å²) in [5.41, 5.74) is 0.426. The van der Waals surface area contributed by atoms with E-state index in [0.29, 0.717) is 5.69 Å². The summed E-state index contributed by atoms with van der Waals surface area (Å²) in [5.74, 6) is -0.457. The average Bonchev–Trinajstić information content (AvgIpc) is 2.61. The van der Waals surface area contributed by atoms with Crippen LogP contribution >= 0.6 is 11.6 Å². The van der Waals surface area contributed by atoms with E-state index in [4.69, 9.17) is 21.1 Å². The quantitative estimate of drug-likeness (QED) is 0.691. The Bertz CT molecular complexity index is 836. The first-order valence-corrected chi connectivity index (χ1v) is 8.85. The fourth-order valence-corrected chi connectivity index (χ4v) is 2.82. The van der Waals surface area contributed by atoms with Gasteiger partial charge in [0, 0.05) is 11.8 Å². The number of alkyl halides is 1. The van der Waals surface area contributed by atoms with Gasteiger partial charge in [-0.3, -0.25) is 9.52 Å². The van der Waals surface area contributed by atoms with Crippen LogP contribution in [0.15, 0.2) is 35.2 Å². The van der Waals surface area contributed by atoms with Gasteiger partial charge in [0.25, 0.3) is 10.0 Å². The Morgan fingerprint density at radius 1 is 1.16 bits per heavy atom. The van der Waals surface area contributed by atoms with Gasteiger partial charge < -0.3 is 14.8 Å². The number of amides is 1. The van der Waals surface area contributed by atoms with Gasteiger partial charge in [-0.05, 0) is 24.3 Å². The third-order valence-electron chi connectivity index (χ3n) is 2.88. The van der Waals surface area contributed by atoms with Crippen LogP contribution in [-0.2, 0) is 14.8 Å². The van der Waals surface area contributed by atoms with Crippen LogP contribution in [0.3, 0.4) is 0 Å². The summed E-state index contributed by atoms with van der Waals surface area (Å²) in [6.07, 6.45) is 0. The van der Waals surface area contributed by atoms with Gasteiger partial charge in [0.2, 0.25) is 11.8 Å². The molecule has 0 spiro atoms. The van der Waals surface area contributed by atoms with Crippen LogP contribution < -0.4 is 19.5 Å². The molecule has 0 unspecified atom stereocenters. The second-order valence-electron chi connectivity index (χ2n) is 4.59. The van der Waals surface area contributed by atoms with Crippen LogP contribution in [0, 0.1) is 0 Å². The number of hydrogen-bond donors (Lipinski definition) is 2. The Hall–Kier alpha value is -2.59. The van der Waals surface area contributed by atoms with Crippen LogP contribution in [-0.4, -0.2) is 44.4 Å². The van der Waals surface area contributed by atoms with Gasteiger partial charge in [-0.25, -0.2) is 8.42 Å². The first-order valence-electron chi connectivity index (χ1n) is 6.83. The molecule has 0 saturated heterocycles. The molecule has 2 N–H and O–H groups in total. The zero-order valence-electron chi connectivity index (χ0n) is 13.3. The second kappa shape index (κ2) is 7.99. The van der Waals surface area contributed by atoms with Crippen molar-refractivity contribution in [2.45, 2.75) is 4.90 Å². The predicted octanol–water partition coefficient (Wildman–Crippen LogP) is 1.47. The number of anilines is 2. The largest absolute Gasteiger partial charge is 0.481 e. The van der Waals surface area contributed by atoms with Gasteiger partial charge in [-0.2, -0.15) is 9.97 Å². The average molecular weight is 387 g/mol. The molecule has 1 heterocycles. The summed E-state index contributed by atoms with van der Waals surface area (Å²) in [7, 11) is -1.17. The highest BCUT2D eigenvalue weighted by atomic mass is 35.5. The number of benzene rings is 1. The van der Waals surface area contributed by atoms with Crippen molar-refractivity contribution < 1.29 is 22.7 Å². The number of nitrogens with zero attached hydrogens (tertiary/aromatic N) is 2. The molecule has 1 aromatic heterocycles. The minimum atomic E-state index is -3.90. The van der Waals surface area contributed by atoms with E-state index in [1.54, 1.807) is 0 Å². The number of rotatable bonds is 7. The molecular formula is C14H15ClN4O5S. The minimum absolute atomic E-state index is 0.0109. The van der Waals surface area contributed by atoms with Crippen molar-refractivity contribution in [2.75, 3.05) is 30.1 Å². The van der Waals surface area contributed by atoms with E-state index in [2.05, 4.69) is 20.0 Å². The van der Waals surface area contributed by atoms with E-state index in [1.807, 2.05) is 0 Å². The molecule has 0 aliphatic heterocycles. The Morgan fingerprint density at radius 2 is 1.84 bits per heavy atom. The molecule has 9 nitrogen and oxygen atoms in total. The van der Waals surface area contributed by atoms with Crippen molar-refractivity contribution in [3.05, 3.63) is 30.3 Å². The summed E-state index contributed by atoms with van der Waals surface area (Å²) in [5, 5.41) is 2.51. The van der Waals surface area contributed by atoms with Crippen LogP contribution in [0.2, 0.25) is 0 Å². The van der Waals surface area contributed by atoms with Crippen LogP contribution in [0.5, 0.6) is 11.9 Å². The molecule has 1 aromatic carbocycles. The monoisotopic (exact) mass is 386 g/mol. The summed E-state index contributed by atoms with van der Waals surface area (Å²) < 4.78 is 37.0. The van der Waals surface area contributed by atoms with Crippen molar-refractivity contribution in [2.24, 2.45) is 0 Å². The van der Waals surface area contributed by atoms with Crippen molar-refractivity contribution in [3.8, 4) is 11.9 Å². The molecule has 0 saturated carbocycles. The maximum Gasteiger partial charge on any atom is 0.321 e. The van der Waals surface area contributed by atoms with E-state index < -0.39 is 15.9 Å². The molecule has 0 radical (unpaired) electrons. The normalized spacial score (nSPS) is 10.8. The number of carbonyl (C=O) groups excluding carboxylic acids is 1. The minimum Gasteiger partial charge on any atom is -0.481 e. The first-order chi connectivity index (χ1) is 11.9. The maximum atomic E-state index is 12.4. The van der Waals surface area contributed by atoms with E-state index in [1.165, 1.54) is 44.6 Å². The van der Waals surface area contributed by atoms with Gasteiger partial charge in [-0.15, -0.1) is 11.6 Å². The highest BCUT2D eigenvalue weighted by molar-refractivity contribution is 7.92. The van der Waals surface area contributed by atoms with Crippen LogP contribution in [0.1, 0.15) is 0 Å². The van der Waals surface area contributed by atoms with E-state index in [9.17, 15) is 13.2 Å². The molecule has 1 amide bonds. The smallest absolute Gasteiger partial charge is 0.321 e. The number of halogens is 1. The lowest BCUT2D eigenvalue weighted by molar-refractivity contribution is -0.113. The fraction of sp³-hybridized carbons (Fsp3) is 0.214. The second-order valence-corrected chi connectivity index (χ2v) is 6.54. The molecule has 2 aromatic rings. The third kappa shape index (κ3) is 4.94. The van der Waals surface area contributed by atoms with Gasteiger partial charge >= 0.3 is 6.01 Å². The summed E-state index contributed by atoms with van der Waals surface area (Å²) >= 11 is 5.40. The first kappa shape index (κ1) is 18.7. The molecule has 25 heavy (non-hydrogen) atoms. The number of hydrogen-bond acceptors (Lipinski definition) is 7. The molecule has 2 rings (SSSR count). The number of sulfonamides is 1. The summed E-state index contributed by atoms with van der Waals surface area (Å²) in [6.45, 7) is 0. The Kier molecular flexibility index (Phi) is 5.99. The van der Waals surface area contributed by atoms with Crippen molar-refractivity contribution in [3.63, 3.8) is 0 Å². The molecule has 11 heteroatoms. The lowest BCUT2D eigenvalue weighted by Crippen LogP contribution is -2.15. The zero-order chi connectivity index (χ0) is 18.4. The highest BCUT2D eigenvalue weighted by Gasteiger charge is 2.17. The summed E-state index contributed by atoms with van der Waals surface area (Å²) in [6, 6.07) is 6.83. The standard InChI is InChI=1S/C14H15ClN4O5S/c1-23-13-7-11(17-14(18-13)24-2)19-25(21,22)10-5-3-9(4-6-10)16-12(20)8-15/h3-7H,8H2,1-2H3,(H,16,20)(H,17,18,19). The number of nitrogens with one attached hydrogen (secondary N) is 2. The maximum absolute atomic E-state index is 12.4. The van der Waals surface area contributed by atoms with Crippen molar-refractivity contribution >= 4 is 39.0 Å². The lowest BCUT2D eigenvalue weighted by Gasteiger charge is -2.10. The zero-order valence-corrected chi connectivity index (χ0v) is 14.9. The molecule has 0 bridgehead atoms. The highest BCUT2D eigenvalue weighted by Crippen LogP contribution is 2.21. The van der Waals surface area contributed by atoms with Gasteiger partial charge in [0.1, 0.15) is 5.88 Å². The van der Waals surface area contributed by atoms with Crippen LogP contribution in [0.25, 0.3) is 0 Å². The van der Waals surface area contributed by atoms with Crippen LogP contribution in [0.4, 0.5) is 11.5 Å². The van der Waals surface area contributed by atoms with Crippen molar-refractivity contribution in [1.82, 2.24) is 9.97 Å². The molecule has 0 fully saturated rings. The molecule has 0 atom stereocenters. The Balaban J connectivity index is 2.23. The van der Waals surface area contributed by atoms with E-state index in [-0.39, 0.29) is 28.5 Å². The third-order valence-corrected chi connectivity index (χ3v) is 4.50. The number of methoxy groups -OCH3 is 2. The molecule has 134 valence electrons. The number of ether oxygens (including phenoxy) is 2. The molecule has 0 aliphatic carbocycles. The van der Waals surface area contributed by atoms with Gasteiger partial charge in [0.05, 0.1) is 19.1 Å². The molecule has 0 aliphatic rings. The SMILES string of the molecule is COc1cc(NS(=O)(=O)c2ccc(NC(=O)CCl)cc2)nc(OC)n1. The van der Waals surface area contributed by atoms with Gasteiger partial charge in [0.15, 0.2) is 5.82 Å². The fourth-order valence-electron chi connectivity index (χ4n) is 1.76. The number of aromatic nitrogens is 2. The van der Waals surface area contributed by atoms with Crippen molar-refractivity contribution in [1.29, 1.82) is 0 Å². The van der Waals surface area contributed by atoms with Gasteiger partial charge in [-0.1, -0.05) is 0 Å². The Labute approximate surface area is 149 Å². The predicted molar refractivity (Wildman–Crippen MR) is 91.7 cm³/mol. The lowest BCUT2D eigenvalue weighted by atomic mass is 10.3. The topological polar surface area (TPSA) is 120 Å². The molecular weight excluding hydrogens is 372 g/mol. The van der Waals surface area contributed by atoms with E-state index >= 15 is 0 Å². The summed E-state index contributed by atoms with van der Waals surface area (Å²) in [4.78, 5) is 19.0. The number of carbonyl (C=O) groups is 1. The Morgan fingerprint density at radius 3 is 2.40 bits per heavy atom. The van der Waals surface area contributed by atoms with E-state index in [0.717, 1.165) is 0 Å².